The molecule has 1 amide bonds. The second kappa shape index (κ2) is 5.79. The minimum atomic E-state index is -0.0352. The Balaban J connectivity index is 1.71. The number of pyridine rings is 1. The second-order valence-corrected chi connectivity index (χ2v) is 5.13. The molecule has 0 aliphatic carbocycles. The number of anilines is 1. The molecule has 2 aromatic rings. The lowest BCUT2D eigenvalue weighted by Crippen LogP contribution is -2.16. The number of rotatable bonds is 4. The molecule has 0 radical (unpaired) electrons. The van der Waals surface area contributed by atoms with Crippen LogP contribution < -0.4 is 5.32 Å². The molecule has 0 saturated carbocycles. The average molecular weight is 279 g/mol. The van der Waals surface area contributed by atoms with Gasteiger partial charge in [-0.15, -0.1) is 0 Å². The Labute approximate surface area is 124 Å². The number of amides is 1. The molecule has 1 aromatic heterocycles. The van der Waals surface area contributed by atoms with E-state index in [-0.39, 0.29) is 5.91 Å². The number of nitrogens with zero attached hydrogens (tertiary/aromatic N) is 2. The summed E-state index contributed by atoms with van der Waals surface area (Å²) in [5, 5.41) is 2.88. The maximum absolute atomic E-state index is 12.0. The molecule has 4 nitrogen and oxygen atoms in total. The van der Waals surface area contributed by atoms with Crippen LogP contribution in [0.2, 0.25) is 0 Å². The second-order valence-electron chi connectivity index (χ2n) is 5.13. The summed E-state index contributed by atoms with van der Waals surface area (Å²) in [7, 11) is 1.99. The van der Waals surface area contributed by atoms with Gasteiger partial charge in [0.2, 0.25) is 0 Å². The van der Waals surface area contributed by atoms with E-state index < -0.39 is 0 Å². The smallest absolute Gasteiger partial charge is 0.257 e. The van der Waals surface area contributed by atoms with Crippen LogP contribution in [0, 0.1) is 0 Å². The number of hydrogen-bond acceptors (Lipinski definition) is 3. The highest BCUT2D eigenvalue weighted by Gasteiger charge is 2.23. The molecule has 1 aliphatic rings. The first-order chi connectivity index (χ1) is 10.2. The fourth-order valence-corrected chi connectivity index (χ4v) is 2.41. The van der Waals surface area contributed by atoms with Crippen molar-refractivity contribution in [1.82, 2.24) is 9.88 Å². The van der Waals surface area contributed by atoms with Gasteiger partial charge in [0, 0.05) is 43.4 Å². The van der Waals surface area contributed by atoms with Crippen molar-refractivity contribution in [2.45, 2.75) is 6.42 Å². The van der Waals surface area contributed by atoms with E-state index in [0.717, 1.165) is 29.8 Å². The molecular formula is C17H17N3O. The third-order valence-corrected chi connectivity index (χ3v) is 3.56. The van der Waals surface area contributed by atoms with Crippen LogP contribution in [0.4, 0.5) is 5.69 Å². The topological polar surface area (TPSA) is 45.2 Å². The van der Waals surface area contributed by atoms with Crippen LogP contribution in [0.1, 0.15) is 11.1 Å². The van der Waals surface area contributed by atoms with Crippen LogP contribution in [0.5, 0.6) is 0 Å². The molecule has 0 saturated heterocycles. The van der Waals surface area contributed by atoms with Crippen LogP contribution in [0.15, 0.2) is 55.0 Å². The molecule has 4 heteroatoms. The van der Waals surface area contributed by atoms with E-state index >= 15 is 0 Å². The van der Waals surface area contributed by atoms with Crippen molar-refractivity contribution >= 4 is 17.2 Å². The van der Waals surface area contributed by atoms with Crippen LogP contribution in [-0.2, 0) is 11.2 Å². The predicted molar refractivity (Wildman–Crippen MR) is 83.6 cm³/mol. The van der Waals surface area contributed by atoms with E-state index in [9.17, 15) is 4.79 Å². The fourth-order valence-electron chi connectivity index (χ4n) is 2.41. The summed E-state index contributed by atoms with van der Waals surface area (Å²) < 4.78 is 0. The maximum Gasteiger partial charge on any atom is 0.257 e. The molecule has 1 aliphatic heterocycles. The monoisotopic (exact) mass is 279 g/mol. The number of nitrogens with one attached hydrogen (secondary N) is 1. The van der Waals surface area contributed by atoms with E-state index in [1.807, 2.05) is 49.6 Å². The number of aromatic nitrogens is 1. The summed E-state index contributed by atoms with van der Waals surface area (Å²) in [5.74, 6) is -0.0352. The maximum atomic E-state index is 12.0. The van der Waals surface area contributed by atoms with Gasteiger partial charge in [-0.1, -0.05) is 18.2 Å². The SMILES string of the molecule is CN(/C=C1/C(=O)Nc2ccccc21)CCc1ccncc1. The van der Waals surface area contributed by atoms with Crippen LogP contribution in [0.25, 0.3) is 5.57 Å². The lowest BCUT2D eigenvalue weighted by molar-refractivity contribution is -0.110. The number of benzene rings is 1. The predicted octanol–water partition coefficient (Wildman–Crippen LogP) is 2.55. The molecule has 21 heavy (non-hydrogen) atoms. The summed E-state index contributed by atoms with van der Waals surface area (Å²) in [5.41, 5.74) is 3.82. The van der Waals surface area contributed by atoms with Crippen LogP contribution in [-0.4, -0.2) is 29.4 Å². The summed E-state index contributed by atoms with van der Waals surface area (Å²) in [6.45, 7) is 0.850. The molecule has 0 atom stereocenters. The quantitative estimate of drug-likeness (QED) is 0.875. The Hall–Kier alpha value is -2.62. The minimum Gasteiger partial charge on any atom is -0.379 e. The summed E-state index contributed by atoms with van der Waals surface area (Å²) in [6.07, 6.45) is 6.44. The highest BCUT2D eigenvalue weighted by atomic mass is 16.2. The number of likely N-dealkylation sites (N-methyl/N-ethyl adjacent to an activating group) is 1. The van der Waals surface area contributed by atoms with E-state index in [4.69, 9.17) is 0 Å². The third kappa shape index (κ3) is 2.94. The minimum absolute atomic E-state index is 0.0352. The molecule has 0 bridgehead atoms. The first-order valence-electron chi connectivity index (χ1n) is 6.96. The van der Waals surface area contributed by atoms with Crippen molar-refractivity contribution < 1.29 is 4.79 Å². The molecule has 1 N–H and O–H groups in total. The van der Waals surface area contributed by atoms with Crippen molar-refractivity contribution in [3.63, 3.8) is 0 Å². The standard InChI is InChI=1S/C17H17N3O/c1-20(11-8-13-6-9-18-10-7-13)12-15-14-4-2-3-5-16(14)19-17(15)21/h2-7,9-10,12H,8,11H2,1H3,(H,19,21)/b15-12+. The van der Waals surface area contributed by atoms with Gasteiger partial charge in [0.15, 0.2) is 0 Å². The molecule has 106 valence electrons. The van der Waals surface area contributed by atoms with E-state index in [0.29, 0.717) is 0 Å². The van der Waals surface area contributed by atoms with Crippen LogP contribution >= 0.6 is 0 Å². The Morgan fingerprint density at radius 2 is 1.95 bits per heavy atom. The van der Waals surface area contributed by atoms with Gasteiger partial charge in [-0.2, -0.15) is 0 Å². The van der Waals surface area contributed by atoms with Crippen molar-refractivity contribution in [2.75, 3.05) is 18.9 Å². The van der Waals surface area contributed by atoms with Gasteiger partial charge in [-0.05, 0) is 30.2 Å². The largest absolute Gasteiger partial charge is 0.379 e. The first-order valence-corrected chi connectivity index (χ1v) is 6.96. The highest BCUT2D eigenvalue weighted by molar-refractivity contribution is 6.31. The highest BCUT2D eigenvalue weighted by Crippen LogP contribution is 2.31. The number of hydrogen-bond donors (Lipinski definition) is 1. The van der Waals surface area contributed by atoms with Crippen molar-refractivity contribution in [3.05, 3.63) is 66.1 Å². The fraction of sp³-hybridized carbons (Fsp3) is 0.176. The number of fused-ring (bicyclic) bond motifs is 1. The van der Waals surface area contributed by atoms with Crippen molar-refractivity contribution in [3.8, 4) is 0 Å². The number of carbonyl (C=O) groups is 1. The van der Waals surface area contributed by atoms with Gasteiger partial charge in [0.1, 0.15) is 0 Å². The molecule has 0 fully saturated rings. The summed E-state index contributed by atoms with van der Waals surface area (Å²) in [6, 6.07) is 11.8. The molecule has 1 aromatic carbocycles. The van der Waals surface area contributed by atoms with Crippen LogP contribution in [0.3, 0.4) is 0 Å². The lowest BCUT2D eigenvalue weighted by Gasteiger charge is -2.15. The summed E-state index contributed by atoms with van der Waals surface area (Å²) in [4.78, 5) is 18.1. The first kappa shape index (κ1) is 13.4. The normalized spacial score (nSPS) is 14.9. The molecule has 3 rings (SSSR count). The third-order valence-electron chi connectivity index (χ3n) is 3.56. The Bertz CT molecular complexity index is 679. The van der Waals surface area contributed by atoms with Gasteiger partial charge in [-0.3, -0.25) is 9.78 Å². The van der Waals surface area contributed by atoms with Gasteiger partial charge in [0.05, 0.1) is 5.57 Å². The zero-order valence-corrected chi connectivity index (χ0v) is 11.9. The van der Waals surface area contributed by atoms with Gasteiger partial charge >= 0.3 is 0 Å². The number of carbonyl (C=O) groups excluding carboxylic acids is 1. The molecule has 0 spiro atoms. The average Bonchev–Trinajstić information content (AvgIpc) is 2.82. The summed E-state index contributed by atoms with van der Waals surface area (Å²) >= 11 is 0. The van der Waals surface area contributed by atoms with Gasteiger partial charge in [0.25, 0.3) is 5.91 Å². The Morgan fingerprint density at radius 3 is 2.76 bits per heavy atom. The zero-order chi connectivity index (χ0) is 14.7. The molecular weight excluding hydrogens is 262 g/mol. The van der Waals surface area contributed by atoms with E-state index in [1.54, 1.807) is 12.4 Å². The Kier molecular flexibility index (Phi) is 3.69. The number of para-hydroxylation sites is 1. The molecule has 0 unspecified atom stereocenters. The van der Waals surface area contributed by atoms with Crippen molar-refractivity contribution in [2.24, 2.45) is 0 Å². The van der Waals surface area contributed by atoms with Crippen molar-refractivity contribution in [1.29, 1.82) is 0 Å². The van der Waals surface area contributed by atoms with E-state index in [2.05, 4.69) is 15.2 Å². The lowest BCUT2D eigenvalue weighted by atomic mass is 10.1. The van der Waals surface area contributed by atoms with E-state index in [1.165, 1.54) is 5.56 Å². The Morgan fingerprint density at radius 1 is 1.19 bits per heavy atom. The van der Waals surface area contributed by atoms with Gasteiger partial charge < -0.3 is 10.2 Å². The zero-order valence-electron chi connectivity index (χ0n) is 11.9. The molecule has 2 heterocycles. The van der Waals surface area contributed by atoms with Gasteiger partial charge in [-0.25, -0.2) is 0 Å².